The van der Waals surface area contributed by atoms with Crippen LogP contribution in [0.5, 0.6) is 0 Å². The van der Waals surface area contributed by atoms with Crippen molar-refractivity contribution >= 4 is 11.9 Å². The number of carbonyl (C=O) groups excluding carboxylic acids is 2. The number of unbranched alkanes of at least 4 members (excludes halogenated alkanes) is 34. The van der Waals surface area contributed by atoms with Gasteiger partial charge in [-0.15, -0.1) is 0 Å². The molecule has 49 heavy (non-hydrogen) atoms. The molecule has 0 unspecified atom stereocenters. The maximum atomic E-state index is 12.0. The van der Waals surface area contributed by atoms with Crippen molar-refractivity contribution in [2.75, 3.05) is 13.2 Å². The summed E-state index contributed by atoms with van der Waals surface area (Å²) >= 11 is 0. The summed E-state index contributed by atoms with van der Waals surface area (Å²) in [5.74, 6) is -0.282. The molecule has 0 amide bonds. The fourth-order valence-electron chi connectivity index (χ4n) is 6.84. The van der Waals surface area contributed by atoms with Crippen LogP contribution in [0.15, 0.2) is 0 Å². The number of ether oxygens (including phenoxy) is 2. The second-order valence-corrected chi connectivity index (χ2v) is 15.2. The van der Waals surface area contributed by atoms with E-state index in [9.17, 15) is 9.59 Å². The standard InChI is InChI=1S/C45H87O4/c1-3-5-7-9-11-13-15-17-19-21-23-25-27-29-31-33-35-37-40-44(46)48-42-39-43-49-45(47)41-38-36-34-32-30-28-26-24-22-20-18-16-14-12-10-8-6-4-2/h39H,3-38,40-43H2,1-2H3. The van der Waals surface area contributed by atoms with E-state index in [1.165, 1.54) is 205 Å². The molecule has 0 saturated carbocycles. The van der Waals surface area contributed by atoms with Crippen LogP contribution in [0.1, 0.15) is 258 Å². The molecule has 0 heterocycles. The van der Waals surface area contributed by atoms with E-state index < -0.39 is 0 Å². The average molecular weight is 692 g/mol. The van der Waals surface area contributed by atoms with Gasteiger partial charge in [-0.05, 0) is 12.8 Å². The van der Waals surface area contributed by atoms with Crippen LogP contribution in [0.2, 0.25) is 0 Å². The molecule has 0 saturated heterocycles. The summed E-state index contributed by atoms with van der Waals surface area (Å²) < 4.78 is 10.5. The van der Waals surface area contributed by atoms with Crippen LogP contribution in [0.3, 0.4) is 0 Å². The van der Waals surface area contributed by atoms with Crippen LogP contribution in [0, 0.1) is 6.42 Å². The van der Waals surface area contributed by atoms with Gasteiger partial charge >= 0.3 is 11.9 Å². The minimum Gasteiger partial charge on any atom is -0.465 e. The zero-order valence-electron chi connectivity index (χ0n) is 33.5. The van der Waals surface area contributed by atoms with Crippen molar-refractivity contribution in [3.63, 3.8) is 0 Å². The van der Waals surface area contributed by atoms with E-state index in [0.29, 0.717) is 12.8 Å². The van der Waals surface area contributed by atoms with E-state index in [2.05, 4.69) is 13.8 Å². The van der Waals surface area contributed by atoms with Crippen molar-refractivity contribution in [3.05, 3.63) is 6.42 Å². The fourth-order valence-corrected chi connectivity index (χ4v) is 6.84. The molecule has 0 aliphatic heterocycles. The second-order valence-electron chi connectivity index (χ2n) is 15.2. The van der Waals surface area contributed by atoms with Gasteiger partial charge in [0.2, 0.25) is 0 Å². The molecule has 0 aromatic heterocycles. The van der Waals surface area contributed by atoms with Gasteiger partial charge in [-0.2, -0.15) is 0 Å². The SMILES string of the molecule is CCCCCCCCCCCCCCCCCCCCC(=O)OC[CH]COC(=O)CCCCCCCCCCCCCCCCCCCC. The molecule has 0 spiro atoms. The number of rotatable bonds is 42. The zero-order chi connectivity index (χ0) is 35.6. The number of esters is 2. The minimum absolute atomic E-state index is 0.141. The molecule has 4 nitrogen and oxygen atoms in total. The lowest BCUT2D eigenvalue weighted by molar-refractivity contribution is -0.144. The predicted molar refractivity (Wildman–Crippen MR) is 213 cm³/mol. The van der Waals surface area contributed by atoms with E-state index in [0.717, 1.165) is 25.7 Å². The summed E-state index contributed by atoms with van der Waals surface area (Å²) in [4.78, 5) is 23.9. The van der Waals surface area contributed by atoms with Gasteiger partial charge in [0.15, 0.2) is 0 Å². The molecule has 1 radical (unpaired) electrons. The number of hydrogen-bond acceptors (Lipinski definition) is 4. The van der Waals surface area contributed by atoms with Gasteiger partial charge in [-0.3, -0.25) is 9.59 Å². The second kappa shape index (κ2) is 43.1. The lowest BCUT2D eigenvalue weighted by Gasteiger charge is -2.07. The molecule has 0 aromatic carbocycles. The molecule has 291 valence electrons. The first-order valence-corrected chi connectivity index (χ1v) is 22.3. The molecule has 0 aliphatic carbocycles. The molecule has 0 fully saturated rings. The van der Waals surface area contributed by atoms with Crippen LogP contribution < -0.4 is 0 Å². The first kappa shape index (κ1) is 47.9. The summed E-state index contributed by atoms with van der Waals surface area (Å²) in [6, 6.07) is 0. The Kier molecular flexibility index (Phi) is 42.2. The summed E-state index contributed by atoms with van der Waals surface area (Å²) in [7, 11) is 0. The van der Waals surface area contributed by atoms with Crippen LogP contribution in [0.25, 0.3) is 0 Å². The molecule has 0 N–H and O–H groups in total. The number of carbonyl (C=O) groups is 2. The molecule has 4 heteroatoms. The van der Waals surface area contributed by atoms with Crippen molar-refractivity contribution in [1.29, 1.82) is 0 Å². The summed E-state index contributed by atoms with van der Waals surface area (Å²) in [5.41, 5.74) is 0. The highest BCUT2D eigenvalue weighted by atomic mass is 16.5. The maximum absolute atomic E-state index is 12.0. The van der Waals surface area contributed by atoms with E-state index in [1.54, 1.807) is 6.42 Å². The third-order valence-corrected chi connectivity index (χ3v) is 10.2. The average Bonchev–Trinajstić information content (AvgIpc) is 3.10. The Morgan fingerprint density at radius 2 is 0.490 bits per heavy atom. The predicted octanol–water partition coefficient (Wildman–Crippen LogP) is 15.1. The first-order chi connectivity index (χ1) is 24.2. The number of hydrogen-bond donors (Lipinski definition) is 0. The largest absolute Gasteiger partial charge is 0.465 e. The van der Waals surface area contributed by atoms with E-state index in [-0.39, 0.29) is 25.2 Å². The third kappa shape index (κ3) is 43.0. The van der Waals surface area contributed by atoms with Crippen molar-refractivity contribution in [1.82, 2.24) is 0 Å². The van der Waals surface area contributed by atoms with Crippen molar-refractivity contribution < 1.29 is 19.1 Å². The Labute approximate surface area is 307 Å². The Balaban J connectivity index is 3.24. The van der Waals surface area contributed by atoms with Gasteiger partial charge in [-0.25, -0.2) is 0 Å². The molecular formula is C45H87O4. The molecule has 0 aromatic rings. The Bertz CT molecular complexity index is 594. The fraction of sp³-hybridized carbons (Fsp3) is 0.933. The Morgan fingerprint density at radius 3 is 0.694 bits per heavy atom. The summed E-state index contributed by atoms with van der Waals surface area (Å²) in [6.45, 7) is 5.03. The summed E-state index contributed by atoms with van der Waals surface area (Å²) in [5, 5.41) is 0. The molecule has 0 rings (SSSR count). The smallest absolute Gasteiger partial charge is 0.305 e. The Morgan fingerprint density at radius 1 is 0.306 bits per heavy atom. The lowest BCUT2D eigenvalue weighted by Crippen LogP contribution is -2.11. The van der Waals surface area contributed by atoms with Crippen LogP contribution >= 0.6 is 0 Å². The minimum atomic E-state index is -0.141. The topological polar surface area (TPSA) is 52.6 Å². The van der Waals surface area contributed by atoms with Gasteiger partial charge in [0.1, 0.15) is 0 Å². The van der Waals surface area contributed by atoms with Gasteiger partial charge in [0, 0.05) is 19.3 Å². The summed E-state index contributed by atoms with van der Waals surface area (Å²) in [6.07, 6.45) is 51.1. The van der Waals surface area contributed by atoms with Crippen molar-refractivity contribution in [2.45, 2.75) is 258 Å². The highest BCUT2D eigenvalue weighted by Gasteiger charge is 2.06. The third-order valence-electron chi connectivity index (χ3n) is 10.2. The monoisotopic (exact) mass is 692 g/mol. The Hall–Kier alpha value is -1.06. The van der Waals surface area contributed by atoms with E-state index >= 15 is 0 Å². The molecule has 0 aliphatic rings. The highest BCUT2D eigenvalue weighted by molar-refractivity contribution is 5.69. The lowest BCUT2D eigenvalue weighted by atomic mass is 10.0. The van der Waals surface area contributed by atoms with Gasteiger partial charge in [0.25, 0.3) is 0 Å². The van der Waals surface area contributed by atoms with Crippen LogP contribution in [-0.4, -0.2) is 25.2 Å². The van der Waals surface area contributed by atoms with Gasteiger partial charge in [0.05, 0.1) is 13.2 Å². The van der Waals surface area contributed by atoms with Crippen molar-refractivity contribution in [2.24, 2.45) is 0 Å². The first-order valence-electron chi connectivity index (χ1n) is 22.3. The van der Waals surface area contributed by atoms with Crippen LogP contribution in [-0.2, 0) is 19.1 Å². The molecule has 0 bridgehead atoms. The van der Waals surface area contributed by atoms with E-state index in [4.69, 9.17) is 9.47 Å². The van der Waals surface area contributed by atoms with Gasteiger partial charge < -0.3 is 9.47 Å². The van der Waals surface area contributed by atoms with Crippen molar-refractivity contribution in [3.8, 4) is 0 Å². The van der Waals surface area contributed by atoms with Gasteiger partial charge in [-0.1, -0.05) is 232 Å². The quantitative estimate of drug-likeness (QED) is 0.0472. The maximum Gasteiger partial charge on any atom is 0.305 e. The highest BCUT2D eigenvalue weighted by Crippen LogP contribution is 2.16. The molecular weight excluding hydrogens is 604 g/mol. The zero-order valence-corrected chi connectivity index (χ0v) is 33.5. The molecule has 0 atom stereocenters. The van der Waals surface area contributed by atoms with E-state index in [1.807, 2.05) is 0 Å². The van der Waals surface area contributed by atoms with Crippen LogP contribution in [0.4, 0.5) is 0 Å². The normalized spacial score (nSPS) is 11.3.